The van der Waals surface area contributed by atoms with Gasteiger partial charge in [-0.2, -0.15) is 0 Å². The summed E-state index contributed by atoms with van der Waals surface area (Å²) in [5.41, 5.74) is 3.11. The molecule has 0 atom stereocenters. The first-order valence-electron chi connectivity index (χ1n) is 11.1. The highest BCUT2D eigenvalue weighted by atomic mass is 32.2. The van der Waals surface area contributed by atoms with Gasteiger partial charge in [-0.25, -0.2) is 14.2 Å². The van der Waals surface area contributed by atoms with E-state index < -0.39 is 6.09 Å². The third-order valence-electron chi connectivity index (χ3n) is 6.02. The lowest BCUT2D eigenvalue weighted by atomic mass is 10.1. The van der Waals surface area contributed by atoms with Crippen LogP contribution < -0.4 is 0 Å². The highest BCUT2D eigenvalue weighted by Crippen LogP contribution is 2.32. The van der Waals surface area contributed by atoms with Crippen LogP contribution in [-0.4, -0.2) is 68.5 Å². The van der Waals surface area contributed by atoms with E-state index in [1.165, 1.54) is 17.0 Å². The molecule has 1 aliphatic rings. The zero-order valence-corrected chi connectivity index (χ0v) is 19.1. The summed E-state index contributed by atoms with van der Waals surface area (Å²) in [6.07, 6.45) is 1.24. The second-order valence-corrected chi connectivity index (χ2v) is 9.38. The van der Waals surface area contributed by atoms with Crippen LogP contribution in [0.5, 0.6) is 0 Å². The van der Waals surface area contributed by atoms with E-state index in [-0.39, 0.29) is 5.82 Å². The number of benzene rings is 2. The van der Waals surface area contributed by atoms with Gasteiger partial charge < -0.3 is 19.5 Å². The molecule has 2 aromatic carbocycles. The molecular weight excluding hydrogens is 427 g/mol. The number of nitrogens with zero attached hydrogens (tertiary/aromatic N) is 4. The molecule has 1 aliphatic heterocycles. The number of likely N-dealkylation sites (tertiary alicyclic amines) is 1. The predicted molar refractivity (Wildman–Crippen MR) is 126 cm³/mol. The summed E-state index contributed by atoms with van der Waals surface area (Å²) in [7, 11) is 0. The van der Waals surface area contributed by atoms with Gasteiger partial charge in [0.1, 0.15) is 5.82 Å². The maximum Gasteiger partial charge on any atom is 0.407 e. The van der Waals surface area contributed by atoms with E-state index in [0.29, 0.717) is 24.9 Å². The van der Waals surface area contributed by atoms with Crippen molar-refractivity contribution in [2.24, 2.45) is 0 Å². The second kappa shape index (κ2) is 10.4. The Morgan fingerprint density at radius 1 is 1.19 bits per heavy atom. The summed E-state index contributed by atoms with van der Waals surface area (Å²) in [6, 6.07) is 14.8. The van der Waals surface area contributed by atoms with Gasteiger partial charge in [-0.1, -0.05) is 36.0 Å². The van der Waals surface area contributed by atoms with Gasteiger partial charge in [-0.05, 0) is 62.7 Å². The zero-order chi connectivity index (χ0) is 22.5. The molecular formula is C24H29FN4O2S. The SMILES string of the molecule is CCN(CCN1CCC(Sc2nc3ccccc3n2Cc2ccc(F)cc2)CC1)C(=O)O. The lowest BCUT2D eigenvalue weighted by Crippen LogP contribution is -2.41. The van der Waals surface area contributed by atoms with Crippen LogP contribution in [0.1, 0.15) is 25.3 Å². The molecule has 0 spiro atoms. The fourth-order valence-corrected chi connectivity index (χ4v) is 5.31. The van der Waals surface area contributed by atoms with Crippen molar-refractivity contribution < 1.29 is 14.3 Å². The first kappa shape index (κ1) is 22.6. The molecule has 0 bridgehead atoms. The Bertz CT molecular complexity index is 1050. The Morgan fingerprint density at radius 2 is 1.91 bits per heavy atom. The molecule has 0 unspecified atom stereocenters. The fourth-order valence-electron chi connectivity index (χ4n) is 4.12. The minimum absolute atomic E-state index is 0.226. The number of imidazole rings is 1. The third-order valence-corrected chi connectivity index (χ3v) is 7.35. The predicted octanol–water partition coefficient (Wildman–Crippen LogP) is 4.78. The fraction of sp³-hybridized carbons (Fsp3) is 0.417. The molecule has 3 aromatic rings. The van der Waals surface area contributed by atoms with Crippen LogP contribution in [0.4, 0.5) is 9.18 Å². The quantitative estimate of drug-likeness (QED) is 0.529. The van der Waals surface area contributed by atoms with Crippen molar-refractivity contribution in [3.05, 3.63) is 59.9 Å². The molecule has 6 nitrogen and oxygen atoms in total. The molecule has 1 amide bonds. The molecule has 1 N–H and O–H groups in total. The molecule has 1 fully saturated rings. The summed E-state index contributed by atoms with van der Waals surface area (Å²) in [5, 5.41) is 10.7. The molecule has 8 heteroatoms. The van der Waals surface area contributed by atoms with Crippen molar-refractivity contribution in [3.8, 4) is 0 Å². The highest BCUT2D eigenvalue weighted by molar-refractivity contribution is 7.99. The molecule has 1 aromatic heterocycles. The number of hydrogen-bond acceptors (Lipinski definition) is 4. The lowest BCUT2D eigenvalue weighted by molar-refractivity contribution is 0.135. The van der Waals surface area contributed by atoms with Crippen LogP contribution >= 0.6 is 11.8 Å². The van der Waals surface area contributed by atoms with E-state index in [4.69, 9.17) is 4.98 Å². The van der Waals surface area contributed by atoms with Gasteiger partial charge in [0.25, 0.3) is 0 Å². The number of halogens is 1. The van der Waals surface area contributed by atoms with Crippen molar-refractivity contribution in [2.75, 3.05) is 32.7 Å². The molecule has 0 radical (unpaired) electrons. The molecule has 4 rings (SSSR count). The Balaban J connectivity index is 1.41. The van der Waals surface area contributed by atoms with Crippen LogP contribution in [0.25, 0.3) is 11.0 Å². The van der Waals surface area contributed by atoms with Crippen molar-refractivity contribution in [2.45, 2.75) is 36.7 Å². The van der Waals surface area contributed by atoms with E-state index in [0.717, 1.165) is 54.2 Å². The number of likely N-dealkylation sites (N-methyl/N-ethyl adjacent to an activating group) is 1. The van der Waals surface area contributed by atoms with E-state index in [2.05, 4.69) is 15.5 Å². The van der Waals surface area contributed by atoms with Gasteiger partial charge in [0.15, 0.2) is 5.16 Å². The van der Waals surface area contributed by atoms with Crippen molar-refractivity contribution in [1.29, 1.82) is 0 Å². The summed E-state index contributed by atoms with van der Waals surface area (Å²) in [6.45, 7) is 6.31. The third kappa shape index (κ3) is 5.42. The molecule has 2 heterocycles. The van der Waals surface area contributed by atoms with Gasteiger partial charge in [-0.3, -0.25) is 0 Å². The number of aromatic nitrogens is 2. The zero-order valence-electron chi connectivity index (χ0n) is 18.3. The van der Waals surface area contributed by atoms with Gasteiger partial charge in [0.2, 0.25) is 0 Å². The number of fused-ring (bicyclic) bond motifs is 1. The van der Waals surface area contributed by atoms with Crippen molar-refractivity contribution >= 4 is 28.9 Å². The summed E-state index contributed by atoms with van der Waals surface area (Å²) < 4.78 is 15.6. The van der Waals surface area contributed by atoms with Gasteiger partial charge in [0, 0.05) is 24.9 Å². The maximum absolute atomic E-state index is 13.3. The minimum atomic E-state index is -0.849. The van der Waals surface area contributed by atoms with Crippen LogP contribution in [0, 0.1) is 5.82 Å². The van der Waals surface area contributed by atoms with Gasteiger partial charge in [0.05, 0.1) is 17.6 Å². The van der Waals surface area contributed by atoms with Crippen LogP contribution in [-0.2, 0) is 6.54 Å². The van der Waals surface area contributed by atoms with E-state index in [1.807, 2.05) is 49.0 Å². The Labute approximate surface area is 192 Å². The number of para-hydroxylation sites is 2. The molecule has 170 valence electrons. The number of thioether (sulfide) groups is 1. The number of carboxylic acid groups (broad SMARTS) is 1. The Morgan fingerprint density at radius 3 is 2.59 bits per heavy atom. The number of carbonyl (C=O) groups is 1. The second-order valence-electron chi connectivity index (χ2n) is 8.12. The van der Waals surface area contributed by atoms with E-state index in [1.54, 1.807) is 0 Å². The van der Waals surface area contributed by atoms with Crippen LogP contribution in [0.3, 0.4) is 0 Å². The monoisotopic (exact) mass is 456 g/mol. The number of rotatable bonds is 8. The molecule has 0 saturated carbocycles. The largest absolute Gasteiger partial charge is 0.465 e. The molecule has 1 saturated heterocycles. The Hall–Kier alpha value is -2.58. The molecule has 0 aliphatic carbocycles. The summed E-state index contributed by atoms with van der Waals surface area (Å²) in [4.78, 5) is 19.9. The van der Waals surface area contributed by atoms with Crippen molar-refractivity contribution in [3.63, 3.8) is 0 Å². The number of amides is 1. The average Bonchev–Trinajstić information content (AvgIpc) is 3.13. The number of piperidine rings is 1. The van der Waals surface area contributed by atoms with Gasteiger partial charge in [-0.15, -0.1) is 0 Å². The molecule has 32 heavy (non-hydrogen) atoms. The standard InChI is InChI=1S/C24H29FN4O2S/c1-2-28(24(30)31)16-15-27-13-11-20(12-14-27)32-23-26-21-5-3-4-6-22(21)29(23)17-18-7-9-19(25)10-8-18/h3-10,20H,2,11-17H2,1H3,(H,30,31). The van der Waals surface area contributed by atoms with Crippen LogP contribution in [0.15, 0.2) is 53.7 Å². The first-order valence-corrected chi connectivity index (χ1v) is 12.0. The maximum atomic E-state index is 13.3. The van der Waals surface area contributed by atoms with Crippen LogP contribution in [0.2, 0.25) is 0 Å². The summed E-state index contributed by atoms with van der Waals surface area (Å²) >= 11 is 1.82. The Kier molecular flexibility index (Phi) is 7.32. The number of hydrogen-bond donors (Lipinski definition) is 1. The van der Waals surface area contributed by atoms with Gasteiger partial charge >= 0.3 is 6.09 Å². The van der Waals surface area contributed by atoms with E-state index in [9.17, 15) is 14.3 Å². The summed E-state index contributed by atoms with van der Waals surface area (Å²) in [5.74, 6) is -0.226. The van der Waals surface area contributed by atoms with E-state index >= 15 is 0 Å². The first-order chi connectivity index (χ1) is 15.5. The lowest BCUT2D eigenvalue weighted by Gasteiger charge is -2.32. The van der Waals surface area contributed by atoms with Crippen molar-refractivity contribution in [1.82, 2.24) is 19.4 Å². The minimum Gasteiger partial charge on any atom is -0.465 e. The smallest absolute Gasteiger partial charge is 0.407 e. The topological polar surface area (TPSA) is 61.6 Å². The highest BCUT2D eigenvalue weighted by Gasteiger charge is 2.23. The normalized spacial score (nSPS) is 15.3. The average molecular weight is 457 g/mol.